The van der Waals surface area contributed by atoms with Crippen molar-refractivity contribution in [1.29, 1.82) is 0 Å². The third-order valence-electron chi connectivity index (χ3n) is 12.5. The van der Waals surface area contributed by atoms with E-state index in [2.05, 4.69) is 136 Å². The standard InChI is InChI=1S/C42H48N4.C7H13NO/c1-30-8-15-41-35(26-30)11-16-40(33-6-4-3-5-7-33)42(41)34-9-12-37(13-10-34)45-20-18-32(19-21-45)29-44-22-24-46(25-23-44)38-14-17-39-31(2)43-28-36(39)27-38;1-3-4-5-6-7(9)8-2/h3-10,12-15,17,26-27,32,40,42-43H,2,11,16,18-25,28-29H2,1H3;3H,1,4-6H2,2H3,(H,8,9). The summed E-state index contributed by atoms with van der Waals surface area (Å²) in [5, 5.41) is 5.93. The molecule has 2 fully saturated rings. The second-order valence-electron chi connectivity index (χ2n) is 16.1. The van der Waals surface area contributed by atoms with Gasteiger partial charge in [-0.15, -0.1) is 6.58 Å². The summed E-state index contributed by atoms with van der Waals surface area (Å²) in [5.74, 6) is 1.84. The lowest BCUT2D eigenvalue weighted by Crippen LogP contribution is -2.49. The molecule has 2 atom stereocenters. The summed E-state index contributed by atoms with van der Waals surface area (Å²) in [5.41, 5.74) is 13.9. The van der Waals surface area contributed by atoms with Crippen molar-refractivity contribution in [1.82, 2.24) is 15.5 Å². The van der Waals surface area contributed by atoms with Gasteiger partial charge in [0.15, 0.2) is 0 Å². The van der Waals surface area contributed by atoms with E-state index in [9.17, 15) is 4.79 Å². The second kappa shape index (κ2) is 18.2. The quantitative estimate of drug-likeness (QED) is 0.126. The molecule has 288 valence electrons. The first-order valence-corrected chi connectivity index (χ1v) is 20.7. The summed E-state index contributed by atoms with van der Waals surface area (Å²) >= 11 is 0. The minimum absolute atomic E-state index is 0.108. The number of amides is 1. The van der Waals surface area contributed by atoms with Crippen molar-refractivity contribution in [3.05, 3.63) is 149 Å². The molecule has 8 rings (SSSR count). The number of allylic oxidation sites excluding steroid dienone is 1. The first-order chi connectivity index (χ1) is 26.9. The van der Waals surface area contributed by atoms with Gasteiger partial charge in [0.1, 0.15) is 0 Å². The Balaban J connectivity index is 0.000000462. The fourth-order valence-corrected chi connectivity index (χ4v) is 9.29. The van der Waals surface area contributed by atoms with Crippen LogP contribution >= 0.6 is 0 Å². The number of carbonyl (C=O) groups excluding carboxylic acids is 1. The Labute approximate surface area is 330 Å². The van der Waals surface area contributed by atoms with Gasteiger partial charge in [0.05, 0.1) is 0 Å². The van der Waals surface area contributed by atoms with E-state index in [0.717, 1.165) is 70.3 Å². The number of nitrogens with zero attached hydrogens (tertiary/aromatic N) is 3. The number of fused-ring (bicyclic) bond motifs is 2. The lowest BCUT2D eigenvalue weighted by molar-refractivity contribution is -0.120. The van der Waals surface area contributed by atoms with Gasteiger partial charge in [0.2, 0.25) is 5.91 Å². The molecule has 55 heavy (non-hydrogen) atoms. The van der Waals surface area contributed by atoms with Gasteiger partial charge in [-0.25, -0.2) is 0 Å². The molecule has 2 saturated heterocycles. The molecule has 3 heterocycles. The summed E-state index contributed by atoms with van der Waals surface area (Å²) in [7, 11) is 1.65. The summed E-state index contributed by atoms with van der Waals surface area (Å²) < 4.78 is 0. The Hall–Kier alpha value is -4.81. The summed E-state index contributed by atoms with van der Waals surface area (Å²) in [6, 6.07) is 34.9. The van der Waals surface area contributed by atoms with Crippen LogP contribution < -0.4 is 20.4 Å². The molecule has 2 N–H and O–H groups in total. The fraction of sp³-hybridized carbons (Fsp3) is 0.408. The summed E-state index contributed by atoms with van der Waals surface area (Å²) in [6.07, 6.45) is 9.21. The van der Waals surface area contributed by atoms with Crippen molar-refractivity contribution in [3.63, 3.8) is 0 Å². The van der Waals surface area contributed by atoms with Gasteiger partial charge in [-0.05, 0) is 109 Å². The SMILES string of the molecule is C=C1NCc2cc(N3CCN(CC4CCN(c5ccc(C6c7ccc(C)cc7CCC6c6ccccc6)cc5)CC4)CC3)ccc21.C=CCCCC(=O)NC. The van der Waals surface area contributed by atoms with Gasteiger partial charge in [-0.3, -0.25) is 9.69 Å². The van der Waals surface area contributed by atoms with Crippen LogP contribution in [0.5, 0.6) is 0 Å². The zero-order chi connectivity index (χ0) is 38.1. The highest BCUT2D eigenvalue weighted by atomic mass is 16.1. The number of hydrogen-bond donors (Lipinski definition) is 2. The van der Waals surface area contributed by atoms with Gasteiger partial charge < -0.3 is 20.4 Å². The number of anilines is 2. The van der Waals surface area contributed by atoms with Crippen LogP contribution in [0, 0.1) is 12.8 Å². The number of piperazine rings is 1. The zero-order valence-corrected chi connectivity index (χ0v) is 33.2. The maximum absolute atomic E-state index is 10.5. The fourth-order valence-electron chi connectivity index (χ4n) is 9.29. The average Bonchev–Trinajstić information content (AvgIpc) is 3.61. The van der Waals surface area contributed by atoms with Crippen LogP contribution in [0.4, 0.5) is 11.4 Å². The lowest BCUT2D eigenvalue weighted by atomic mass is 9.69. The Morgan fingerprint density at radius 1 is 0.818 bits per heavy atom. The van der Waals surface area contributed by atoms with E-state index in [-0.39, 0.29) is 5.91 Å². The first kappa shape index (κ1) is 38.5. The molecule has 1 aliphatic carbocycles. The van der Waals surface area contributed by atoms with E-state index < -0.39 is 0 Å². The summed E-state index contributed by atoms with van der Waals surface area (Å²) in [4.78, 5) is 18.5. The highest BCUT2D eigenvalue weighted by molar-refractivity contribution is 5.75. The zero-order valence-electron chi connectivity index (χ0n) is 33.2. The lowest BCUT2D eigenvalue weighted by Gasteiger charge is -2.40. The van der Waals surface area contributed by atoms with E-state index in [1.807, 2.05) is 6.08 Å². The molecule has 4 aromatic rings. The third-order valence-corrected chi connectivity index (χ3v) is 12.5. The van der Waals surface area contributed by atoms with Crippen LogP contribution in [0.25, 0.3) is 5.70 Å². The van der Waals surface area contributed by atoms with Crippen molar-refractivity contribution < 1.29 is 4.79 Å². The Bertz CT molecular complexity index is 1900. The van der Waals surface area contributed by atoms with Crippen molar-refractivity contribution >= 4 is 23.0 Å². The van der Waals surface area contributed by atoms with Gasteiger partial charge in [-0.2, -0.15) is 0 Å². The van der Waals surface area contributed by atoms with Crippen LogP contribution in [-0.2, 0) is 17.8 Å². The third kappa shape index (κ3) is 9.36. The normalized spacial score (nSPS) is 19.8. The van der Waals surface area contributed by atoms with Crippen molar-refractivity contribution in [2.45, 2.75) is 70.3 Å². The first-order valence-electron chi connectivity index (χ1n) is 20.7. The molecule has 1 amide bonds. The maximum Gasteiger partial charge on any atom is 0.219 e. The minimum Gasteiger partial charge on any atom is -0.381 e. The molecule has 3 aliphatic heterocycles. The smallest absolute Gasteiger partial charge is 0.219 e. The number of hydrogen-bond acceptors (Lipinski definition) is 5. The van der Waals surface area contributed by atoms with Crippen LogP contribution in [0.15, 0.2) is 110 Å². The number of unbranched alkanes of at least 4 members (excludes halogenated alkanes) is 1. The maximum atomic E-state index is 10.5. The minimum atomic E-state index is 0.108. The van der Waals surface area contributed by atoms with Crippen LogP contribution in [0.3, 0.4) is 0 Å². The van der Waals surface area contributed by atoms with Gasteiger partial charge in [0.25, 0.3) is 0 Å². The van der Waals surface area contributed by atoms with Crippen LogP contribution in [0.1, 0.15) is 89.3 Å². The number of nitrogens with one attached hydrogen (secondary N) is 2. The molecule has 4 aromatic carbocycles. The predicted molar refractivity (Wildman–Crippen MR) is 231 cm³/mol. The number of aryl methyl sites for hydroxylation is 2. The number of rotatable bonds is 10. The number of piperidine rings is 1. The van der Waals surface area contributed by atoms with Crippen molar-refractivity contribution in [2.75, 3.05) is 62.7 Å². The molecule has 2 unspecified atom stereocenters. The van der Waals surface area contributed by atoms with E-state index in [4.69, 9.17) is 0 Å². The molecule has 0 saturated carbocycles. The molecule has 4 aliphatic rings. The number of carbonyl (C=O) groups is 1. The highest BCUT2D eigenvalue weighted by Crippen LogP contribution is 2.46. The van der Waals surface area contributed by atoms with Crippen LogP contribution in [0.2, 0.25) is 0 Å². The Morgan fingerprint density at radius 3 is 2.27 bits per heavy atom. The molecule has 6 nitrogen and oxygen atoms in total. The average molecular weight is 736 g/mol. The topological polar surface area (TPSA) is 50.9 Å². The molecule has 0 spiro atoms. The van der Waals surface area contributed by atoms with E-state index in [1.165, 1.54) is 82.5 Å². The molecule has 0 aromatic heterocycles. The molecular formula is C49H61N5O. The monoisotopic (exact) mass is 735 g/mol. The largest absolute Gasteiger partial charge is 0.381 e. The van der Waals surface area contributed by atoms with Crippen molar-refractivity contribution in [2.24, 2.45) is 5.92 Å². The van der Waals surface area contributed by atoms with E-state index >= 15 is 0 Å². The Morgan fingerprint density at radius 2 is 1.55 bits per heavy atom. The Kier molecular flexibility index (Phi) is 12.7. The van der Waals surface area contributed by atoms with Crippen LogP contribution in [-0.4, -0.2) is 63.7 Å². The van der Waals surface area contributed by atoms with E-state index in [1.54, 1.807) is 7.05 Å². The molecule has 0 radical (unpaired) electrons. The number of benzene rings is 4. The summed E-state index contributed by atoms with van der Waals surface area (Å²) in [6.45, 7) is 19.0. The molecule has 0 bridgehead atoms. The van der Waals surface area contributed by atoms with E-state index in [0.29, 0.717) is 18.3 Å². The predicted octanol–water partition coefficient (Wildman–Crippen LogP) is 9.06. The molecule has 6 heteroatoms. The van der Waals surface area contributed by atoms with Gasteiger partial charge in [0, 0.05) is 94.4 Å². The molecular weight excluding hydrogens is 675 g/mol. The van der Waals surface area contributed by atoms with Gasteiger partial charge >= 0.3 is 0 Å². The second-order valence-corrected chi connectivity index (χ2v) is 16.1. The van der Waals surface area contributed by atoms with Gasteiger partial charge in [-0.1, -0.05) is 84.9 Å². The highest BCUT2D eigenvalue weighted by Gasteiger charge is 2.32. The van der Waals surface area contributed by atoms with Crippen molar-refractivity contribution in [3.8, 4) is 0 Å².